The van der Waals surface area contributed by atoms with Crippen LogP contribution in [0.5, 0.6) is 0 Å². The second-order valence-corrected chi connectivity index (χ2v) is 10.5. The minimum atomic E-state index is -0.143. The number of anilines is 1. The van der Waals surface area contributed by atoms with Crippen molar-refractivity contribution < 1.29 is 4.79 Å². The Morgan fingerprint density at radius 3 is 2.60 bits per heavy atom. The normalized spacial score (nSPS) is 16.8. The fourth-order valence-corrected chi connectivity index (χ4v) is 5.68. The Labute approximate surface area is 238 Å². The molecule has 200 valence electrons. The van der Waals surface area contributed by atoms with Crippen molar-refractivity contribution in [2.75, 3.05) is 31.5 Å². The van der Waals surface area contributed by atoms with Crippen LogP contribution in [0.15, 0.2) is 73.2 Å². The number of nitrogens with zero attached hydrogens (tertiary/aromatic N) is 6. The Bertz CT molecular complexity index is 1630. The zero-order valence-electron chi connectivity index (χ0n) is 22.1. The smallest absolute Gasteiger partial charge is 0.321 e. The van der Waals surface area contributed by atoms with E-state index in [0.717, 1.165) is 33.8 Å². The summed E-state index contributed by atoms with van der Waals surface area (Å²) in [5.41, 5.74) is 6.71. The maximum atomic E-state index is 13.0. The second kappa shape index (κ2) is 11.0. The number of halogens is 1. The van der Waals surface area contributed by atoms with E-state index in [1.807, 2.05) is 42.5 Å². The molecule has 1 N–H and O–H groups in total. The van der Waals surface area contributed by atoms with Crippen molar-refractivity contribution in [1.29, 1.82) is 5.26 Å². The molecule has 1 saturated heterocycles. The summed E-state index contributed by atoms with van der Waals surface area (Å²) < 4.78 is 2.14. The van der Waals surface area contributed by atoms with Gasteiger partial charge in [0.05, 0.1) is 23.4 Å². The van der Waals surface area contributed by atoms with Gasteiger partial charge in [0.25, 0.3) is 0 Å². The number of amides is 2. The van der Waals surface area contributed by atoms with Gasteiger partial charge >= 0.3 is 6.03 Å². The van der Waals surface area contributed by atoms with Gasteiger partial charge in [-0.15, -0.1) is 0 Å². The Morgan fingerprint density at radius 2 is 1.88 bits per heavy atom. The minimum absolute atomic E-state index is 0.0789. The topological polar surface area (TPSA) is 90.1 Å². The Balaban J connectivity index is 1.27. The van der Waals surface area contributed by atoms with Crippen molar-refractivity contribution in [3.63, 3.8) is 0 Å². The van der Waals surface area contributed by atoms with Crippen LogP contribution >= 0.6 is 11.6 Å². The van der Waals surface area contributed by atoms with Crippen LogP contribution in [0.2, 0.25) is 5.02 Å². The number of benzene rings is 2. The van der Waals surface area contributed by atoms with Gasteiger partial charge in [-0.25, -0.2) is 9.78 Å². The lowest BCUT2D eigenvalue weighted by molar-refractivity contribution is 0.125. The number of pyridine rings is 1. The summed E-state index contributed by atoms with van der Waals surface area (Å²) >= 11 is 6.55. The highest BCUT2D eigenvalue weighted by molar-refractivity contribution is 6.30. The van der Waals surface area contributed by atoms with Crippen LogP contribution in [-0.4, -0.2) is 56.5 Å². The predicted molar refractivity (Wildman–Crippen MR) is 156 cm³/mol. The van der Waals surface area contributed by atoms with E-state index in [2.05, 4.69) is 50.1 Å². The summed E-state index contributed by atoms with van der Waals surface area (Å²) in [6, 6.07) is 19.0. The fraction of sp³-hybridized carbons (Fsp3) is 0.226. The molecule has 2 amide bonds. The Kier molecular flexibility index (Phi) is 7.08. The average molecular weight is 550 g/mol. The Hall–Kier alpha value is -4.45. The SMILES string of the molecule is Cc1nccn1CC1=Cc2cccnc2C(N2CCN(C(=O)Nc3ccc(C#N)cc3)CC2)c2ccc(Cl)cc21. The van der Waals surface area contributed by atoms with Gasteiger partial charge in [-0.05, 0) is 77.7 Å². The third-order valence-corrected chi connectivity index (χ3v) is 7.85. The molecule has 9 heteroatoms. The lowest BCUT2D eigenvalue weighted by atomic mass is 9.93. The monoisotopic (exact) mass is 549 g/mol. The number of allylic oxidation sites excluding steroid dienone is 1. The number of fused-ring (bicyclic) bond motifs is 2. The highest BCUT2D eigenvalue weighted by atomic mass is 35.5. The number of nitrogens with one attached hydrogen (secondary N) is 1. The van der Waals surface area contributed by atoms with E-state index < -0.39 is 0 Å². The average Bonchev–Trinajstić information content (AvgIpc) is 3.33. The third-order valence-electron chi connectivity index (χ3n) is 7.61. The maximum Gasteiger partial charge on any atom is 0.321 e. The minimum Gasteiger partial charge on any atom is -0.331 e. The number of hydrogen-bond donors (Lipinski definition) is 1. The first-order chi connectivity index (χ1) is 19.5. The summed E-state index contributed by atoms with van der Waals surface area (Å²) in [5, 5.41) is 12.7. The summed E-state index contributed by atoms with van der Waals surface area (Å²) in [4.78, 5) is 26.5. The predicted octanol–water partition coefficient (Wildman–Crippen LogP) is 5.60. The van der Waals surface area contributed by atoms with Crippen LogP contribution in [0.3, 0.4) is 0 Å². The van der Waals surface area contributed by atoms with Crippen molar-refractivity contribution in [3.05, 3.63) is 112 Å². The highest BCUT2D eigenvalue weighted by Gasteiger charge is 2.33. The molecule has 2 aromatic carbocycles. The molecular weight excluding hydrogens is 522 g/mol. The van der Waals surface area contributed by atoms with Gasteiger partial charge in [-0.3, -0.25) is 9.88 Å². The van der Waals surface area contributed by atoms with E-state index in [0.29, 0.717) is 49.0 Å². The first kappa shape index (κ1) is 25.8. The number of nitriles is 1. The van der Waals surface area contributed by atoms with Gasteiger partial charge in [-0.2, -0.15) is 5.26 Å². The van der Waals surface area contributed by atoms with Crippen LogP contribution in [-0.2, 0) is 6.54 Å². The molecule has 40 heavy (non-hydrogen) atoms. The summed E-state index contributed by atoms with van der Waals surface area (Å²) in [7, 11) is 0. The molecule has 0 spiro atoms. The number of imidazole rings is 1. The molecule has 8 nitrogen and oxygen atoms in total. The lowest BCUT2D eigenvalue weighted by Crippen LogP contribution is -2.51. The first-order valence-electron chi connectivity index (χ1n) is 13.2. The zero-order chi connectivity index (χ0) is 27.6. The first-order valence-corrected chi connectivity index (χ1v) is 13.6. The van der Waals surface area contributed by atoms with Gasteiger partial charge in [0.15, 0.2) is 0 Å². The molecule has 1 aliphatic carbocycles. The second-order valence-electron chi connectivity index (χ2n) is 10.0. The van der Waals surface area contributed by atoms with E-state index >= 15 is 0 Å². The number of carbonyl (C=O) groups excluding carboxylic acids is 1. The highest BCUT2D eigenvalue weighted by Crippen LogP contribution is 2.41. The third kappa shape index (κ3) is 5.09. The summed E-state index contributed by atoms with van der Waals surface area (Å²) in [6.45, 7) is 5.23. The molecule has 3 heterocycles. The number of urea groups is 1. The maximum absolute atomic E-state index is 13.0. The molecule has 2 aliphatic rings. The van der Waals surface area contributed by atoms with Crippen LogP contribution in [0, 0.1) is 18.3 Å². The molecule has 0 radical (unpaired) electrons. The van der Waals surface area contributed by atoms with Crippen molar-refractivity contribution in [2.24, 2.45) is 0 Å². The molecule has 2 aromatic heterocycles. The standard InChI is InChI=1S/C31H28ClN7O/c1-21-34-11-12-39(21)20-24-17-23-3-2-10-35-29(23)30(27-9-6-25(32)18-28(24)27)37-13-15-38(16-14-37)31(40)36-26-7-4-22(19-33)5-8-26/h2-12,17-18,30H,13-16,20H2,1H3,(H,36,40). The zero-order valence-corrected chi connectivity index (χ0v) is 22.8. The van der Waals surface area contributed by atoms with Crippen LogP contribution in [0.1, 0.15) is 39.8 Å². The van der Waals surface area contributed by atoms with Crippen molar-refractivity contribution in [2.45, 2.75) is 19.5 Å². The Morgan fingerprint density at radius 1 is 1.07 bits per heavy atom. The largest absolute Gasteiger partial charge is 0.331 e. The lowest BCUT2D eigenvalue weighted by Gasteiger charge is -2.39. The molecule has 0 bridgehead atoms. The van der Waals surface area contributed by atoms with Crippen LogP contribution < -0.4 is 5.32 Å². The van der Waals surface area contributed by atoms with Crippen molar-refractivity contribution >= 4 is 35.0 Å². The summed E-state index contributed by atoms with van der Waals surface area (Å²) in [5.74, 6) is 0.951. The van der Waals surface area contributed by atoms with Gasteiger partial charge in [0.2, 0.25) is 0 Å². The van der Waals surface area contributed by atoms with Gasteiger partial charge in [-0.1, -0.05) is 23.7 Å². The van der Waals surface area contributed by atoms with E-state index in [4.69, 9.17) is 21.8 Å². The van der Waals surface area contributed by atoms with Gasteiger partial charge < -0.3 is 14.8 Å². The van der Waals surface area contributed by atoms with E-state index in [1.54, 1.807) is 24.3 Å². The molecule has 6 rings (SSSR count). The molecule has 1 unspecified atom stereocenters. The van der Waals surface area contributed by atoms with Gasteiger partial charge in [0.1, 0.15) is 5.82 Å². The van der Waals surface area contributed by atoms with Crippen LogP contribution in [0.25, 0.3) is 11.6 Å². The summed E-state index contributed by atoms with van der Waals surface area (Å²) in [6.07, 6.45) is 7.88. The number of piperazine rings is 1. The molecule has 1 atom stereocenters. The number of aromatic nitrogens is 3. The van der Waals surface area contributed by atoms with Crippen LogP contribution in [0.4, 0.5) is 10.5 Å². The number of aryl methyl sites for hydroxylation is 1. The fourth-order valence-electron chi connectivity index (χ4n) is 5.51. The van der Waals surface area contributed by atoms with Crippen molar-refractivity contribution in [3.8, 4) is 6.07 Å². The molecule has 4 aromatic rings. The number of carbonyl (C=O) groups is 1. The molecule has 0 saturated carbocycles. The molecule has 1 aliphatic heterocycles. The van der Waals surface area contributed by atoms with E-state index in [-0.39, 0.29) is 12.1 Å². The number of hydrogen-bond acceptors (Lipinski definition) is 5. The molecule has 1 fully saturated rings. The van der Waals surface area contributed by atoms with Crippen molar-refractivity contribution in [1.82, 2.24) is 24.3 Å². The van der Waals surface area contributed by atoms with E-state index in [1.165, 1.54) is 0 Å². The van der Waals surface area contributed by atoms with Gasteiger partial charge in [0, 0.05) is 62.0 Å². The number of rotatable bonds is 4. The molecular formula is C31H28ClN7O. The van der Waals surface area contributed by atoms with E-state index in [9.17, 15) is 4.79 Å². The quantitative estimate of drug-likeness (QED) is 0.357.